The minimum atomic E-state index is -0.358. The van der Waals surface area contributed by atoms with E-state index in [2.05, 4.69) is 24.3 Å². The Morgan fingerprint density at radius 3 is 2.29 bits per heavy atom. The molecule has 38 heavy (non-hydrogen) atoms. The lowest BCUT2D eigenvalue weighted by Crippen LogP contribution is -2.39. The maximum absolute atomic E-state index is 13.6. The lowest BCUT2D eigenvalue weighted by Gasteiger charge is -2.22. The smallest absolute Gasteiger partial charge is 0.254 e. The van der Waals surface area contributed by atoms with E-state index in [9.17, 15) is 14.0 Å². The zero-order valence-corrected chi connectivity index (χ0v) is 21.9. The van der Waals surface area contributed by atoms with Crippen LogP contribution in [0.2, 0.25) is 0 Å². The molecule has 0 aliphatic carbocycles. The monoisotopic (exact) mass is 512 g/mol. The molecule has 6 nitrogen and oxygen atoms in total. The van der Waals surface area contributed by atoms with Crippen molar-refractivity contribution in [3.8, 4) is 16.9 Å². The summed E-state index contributed by atoms with van der Waals surface area (Å²) < 4.78 is 15.2. The van der Waals surface area contributed by atoms with Crippen molar-refractivity contribution in [3.63, 3.8) is 0 Å². The summed E-state index contributed by atoms with van der Waals surface area (Å²) in [7, 11) is 0. The number of benzene rings is 3. The Bertz CT molecular complexity index is 1350. The van der Waals surface area contributed by atoms with Gasteiger partial charge in [-0.2, -0.15) is 5.10 Å². The Labute approximate surface area is 223 Å². The second kappa shape index (κ2) is 12.8. The predicted octanol–water partition coefficient (Wildman–Crippen LogP) is 6.51. The van der Waals surface area contributed by atoms with E-state index in [0.717, 1.165) is 36.8 Å². The zero-order valence-electron chi connectivity index (χ0n) is 21.9. The molecule has 1 N–H and O–H groups in total. The Hall–Kier alpha value is -4.26. The van der Waals surface area contributed by atoms with Crippen LogP contribution in [0.3, 0.4) is 0 Å². The van der Waals surface area contributed by atoms with Crippen LogP contribution in [0.1, 0.15) is 49.0 Å². The van der Waals surface area contributed by atoms with Crippen LogP contribution in [0.5, 0.6) is 0 Å². The number of carbonyl (C=O) groups excluding carboxylic acids is 2. The second-order valence-electron chi connectivity index (χ2n) is 9.20. The average Bonchev–Trinajstić information content (AvgIpc) is 3.36. The first-order valence-corrected chi connectivity index (χ1v) is 13.1. The molecule has 3 aromatic carbocycles. The van der Waals surface area contributed by atoms with E-state index >= 15 is 0 Å². The summed E-state index contributed by atoms with van der Waals surface area (Å²) in [6.07, 6.45) is 3.69. The minimum Gasteiger partial charge on any atom is -0.329 e. The van der Waals surface area contributed by atoms with Gasteiger partial charge in [0.15, 0.2) is 0 Å². The van der Waals surface area contributed by atoms with Gasteiger partial charge in [0.2, 0.25) is 5.91 Å². The van der Waals surface area contributed by atoms with E-state index in [-0.39, 0.29) is 24.2 Å². The Morgan fingerprint density at radius 2 is 1.63 bits per heavy atom. The molecule has 0 saturated carbocycles. The van der Waals surface area contributed by atoms with Crippen molar-refractivity contribution in [1.29, 1.82) is 0 Å². The highest BCUT2D eigenvalue weighted by molar-refractivity contribution is 5.99. The molecule has 0 aliphatic heterocycles. The number of nitrogens with one attached hydrogen (secondary N) is 1. The molecule has 0 atom stereocenters. The topological polar surface area (TPSA) is 67.2 Å². The van der Waals surface area contributed by atoms with Crippen LogP contribution >= 0.6 is 0 Å². The minimum absolute atomic E-state index is 0.0899. The Balaban J connectivity index is 1.58. The number of unbranched alkanes of at least 4 members (excludes halogenated alkanes) is 2. The van der Waals surface area contributed by atoms with Gasteiger partial charge in [-0.3, -0.25) is 9.59 Å². The summed E-state index contributed by atoms with van der Waals surface area (Å²) in [4.78, 5) is 28.2. The molecule has 0 bridgehead atoms. The lowest BCUT2D eigenvalue weighted by atomic mass is 10.1. The first-order chi connectivity index (χ1) is 18.5. The molecule has 1 heterocycles. The van der Waals surface area contributed by atoms with Gasteiger partial charge < -0.3 is 10.2 Å². The molecule has 0 spiro atoms. The summed E-state index contributed by atoms with van der Waals surface area (Å²) in [6, 6.07) is 24.8. The second-order valence-corrected chi connectivity index (χ2v) is 9.20. The van der Waals surface area contributed by atoms with Crippen molar-refractivity contribution in [2.45, 2.75) is 39.5 Å². The Morgan fingerprint density at radius 1 is 0.921 bits per heavy atom. The van der Waals surface area contributed by atoms with Gasteiger partial charge in [-0.15, -0.1) is 0 Å². The maximum atomic E-state index is 13.6. The van der Waals surface area contributed by atoms with Crippen molar-refractivity contribution in [2.75, 3.05) is 18.4 Å². The average molecular weight is 513 g/mol. The van der Waals surface area contributed by atoms with Gasteiger partial charge in [0, 0.05) is 23.7 Å². The molecule has 196 valence electrons. The van der Waals surface area contributed by atoms with Gasteiger partial charge in [-0.25, -0.2) is 9.07 Å². The maximum Gasteiger partial charge on any atom is 0.254 e. The fourth-order valence-electron chi connectivity index (χ4n) is 4.23. The fraction of sp³-hybridized carbons (Fsp3) is 0.258. The number of amides is 2. The largest absolute Gasteiger partial charge is 0.329 e. The molecule has 2 amide bonds. The first-order valence-electron chi connectivity index (χ1n) is 13.1. The number of aryl methyl sites for hydroxylation is 1. The van der Waals surface area contributed by atoms with Crippen LogP contribution in [0.25, 0.3) is 16.9 Å². The summed E-state index contributed by atoms with van der Waals surface area (Å²) in [5, 5.41) is 7.60. The fourth-order valence-corrected chi connectivity index (χ4v) is 4.23. The summed E-state index contributed by atoms with van der Waals surface area (Å²) in [5.74, 6) is -0.421. The van der Waals surface area contributed by atoms with Crippen molar-refractivity contribution < 1.29 is 14.0 Å². The third kappa shape index (κ3) is 6.73. The highest BCUT2D eigenvalue weighted by Crippen LogP contribution is 2.25. The van der Waals surface area contributed by atoms with Crippen LogP contribution in [0.15, 0.2) is 84.9 Å². The third-order valence-corrected chi connectivity index (χ3v) is 6.38. The number of hydrogen-bond donors (Lipinski definition) is 1. The normalized spacial score (nSPS) is 10.8. The summed E-state index contributed by atoms with van der Waals surface area (Å²) in [6.45, 7) is 4.57. The van der Waals surface area contributed by atoms with Crippen LogP contribution in [-0.2, 0) is 11.2 Å². The molecular weight excluding hydrogens is 479 g/mol. The predicted molar refractivity (Wildman–Crippen MR) is 149 cm³/mol. The molecule has 0 radical (unpaired) electrons. The van der Waals surface area contributed by atoms with E-state index in [4.69, 9.17) is 0 Å². The van der Waals surface area contributed by atoms with Crippen LogP contribution < -0.4 is 5.32 Å². The number of hydrogen-bond acceptors (Lipinski definition) is 3. The van der Waals surface area contributed by atoms with Crippen LogP contribution in [0, 0.1) is 5.82 Å². The molecule has 0 unspecified atom stereocenters. The highest BCUT2D eigenvalue weighted by Gasteiger charge is 2.21. The van der Waals surface area contributed by atoms with Crippen molar-refractivity contribution in [1.82, 2.24) is 14.7 Å². The number of anilines is 1. The van der Waals surface area contributed by atoms with E-state index < -0.39 is 0 Å². The number of aromatic nitrogens is 2. The van der Waals surface area contributed by atoms with E-state index in [1.807, 2.05) is 54.6 Å². The quantitative estimate of drug-likeness (QED) is 0.233. The molecule has 7 heteroatoms. The number of halogens is 1. The van der Waals surface area contributed by atoms with Crippen molar-refractivity contribution in [3.05, 3.63) is 102 Å². The van der Waals surface area contributed by atoms with Crippen LogP contribution in [0.4, 0.5) is 10.2 Å². The van der Waals surface area contributed by atoms with Gasteiger partial charge >= 0.3 is 0 Å². The summed E-state index contributed by atoms with van der Waals surface area (Å²) >= 11 is 0. The highest BCUT2D eigenvalue weighted by atomic mass is 19.1. The van der Waals surface area contributed by atoms with Gasteiger partial charge in [0.25, 0.3) is 5.91 Å². The zero-order chi connectivity index (χ0) is 26.9. The lowest BCUT2D eigenvalue weighted by molar-refractivity contribution is -0.117. The molecule has 0 saturated heterocycles. The number of rotatable bonds is 11. The standard InChI is InChI=1S/C31H33FN4O2/c1-3-5-9-20-35(31(38)25-14-12-23(4-2)13-15-25)22-30(37)33-29-21-28(24-10-7-6-8-11-24)34-36(29)27-18-16-26(32)17-19-27/h6-8,10-19,21H,3-5,9,20,22H2,1-2H3,(H,33,37). The molecule has 0 fully saturated rings. The molecular formula is C31H33FN4O2. The molecule has 1 aromatic heterocycles. The SMILES string of the molecule is CCCCCN(CC(=O)Nc1cc(-c2ccccc2)nn1-c1ccc(F)cc1)C(=O)c1ccc(CC)cc1. The van der Waals surface area contributed by atoms with Crippen molar-refractivity contribution in [2.24, 2.45) is 0 Å². The third-order valence-electron chi connectivity index (χ3n) is 6.38. The number of carbonyl (C=O) groups is 2. The van der Waals surface area contributed by atoms with E-state index in [1.54, 1.807) is 27.8 Å². The first kappa shape index (κ1) is 26.8. The molecule has 4 rings (SSSR count). The number of nitrogens with zero attached hydrogens (tertiary/aromatic N) is 3. The summed E-state index contributed by atoms with van der Waals surface area (Å²) in [5.41, 5.74) is 3.87. The van der Waals surface area contributed by atoms with E-state index in [0.29, 0.717) is 29.3 Å². The van der Waals surface area contributed by atoms with Crippen LogP contribution in [-0.4, -0.2) is 39.6 Å². The molecule has 0 aliphatic rings. The van der Waals surface area contributed by atoms with Gasteiger partial charge in [-0.05, 0) is 54.8 Å². The Kier molecular flexibility index (Phi) is 9.03. The van der Waals surface area contributed by atoms with Gasteiger partial charge in [0.1, 0.15) is 18.2 Å². The van der Waals surface area contributed by atoms with Crippen molar-refractivity contribution >= 4 is 17.6 Å². The van der Waals surface area contributed by atoms with Gasteiger partial charge in [-0.1, -0.05) is 69.2 Å². The van der Waals surface area contributed by atoms with E-state index in [1.165, 1.54) is 12.1 Å². The van der Waals surface area contributed by atoms with Gasteiger partial charge in [0.05, 0.1) is 11.4 Å². The molecule has 4 aromatic rings.